The molecule has 0 spiro atoms. The molecule has 2 heterocycles. The summed E-state index contributed by atoms with van der Waals surface area (Å²) in [4.78, 5) is 30.5. The van der Waals surface area contributed by atoms with E-state index in [1.807, 2.05) is 0 Å². The Morgan fingerprint density at radius 2 is 2.17 bits per heavy atom. The summed E-state index contributed by atoms with van der Waals surface area (Å²) < 4.78 is 22.4. The highest BCUT2D eigenvalue weighted by Crippen LogP contribution is 2.20. The lowest BCUT2D eigenvalue weighted by molar-refractivity contribution is -0.117. The van der Waals surface area contributed by atoms with Gasteiger partial charge in [-0.2, -0.15) is 0 Å². The van der Waals surface area contributed by atoms with Crippen LogP contribution in [0.25, 0.3) is 0 Å². The number of aromatic amines is 1. The average molecular weight is 272 g/mol. The van der Waals surface area contributed by atoms with Gasteiger partial charge in [-0.25, -0.2) is 18.5 Å². The Hall–Kier alpha value is -1.74. The average Bonchev–Trinajstić information content (AvgIpc) is 2.58. The summed E-state index contributed by atoms with van der Waals surface area (Å²) in [7, 11) is -3.78. The molecule has 0 aromatic carbocycles. The third-order valence-electron chi connectivity index (χ3n) is 2.67. The number of anilines is 1. The lowest BCUT2D eigenvalue weighted by Crippen LogP contribution is -2.33. The number of nitrogens with one attached hydrogen (secondary N) is 1. The van der Waals surface area contributed by atoms with E-state index in [-0.39, 0.29) is 18.9 Å². The molecule has 0 saturated carbocycles. The SMILES string of the molecule is Cc1cc(=O)[nH]c(N2CC(S(N)(=O)=O)CC2=O)n1. The molecule has 8 nitrogen and oxygen atoms in total. The fourth-order valence-electron chi connectivity index (χ4n) is 1.79. The van der Waals surface area contributed by atoms with E-state index in [1.165, 1.54) is 6.07 Å². The molecule has 1 aliphatic rings. The van der Waals surface area contributed by atoms with E-state index in [4.69, 9.17) is 5.14 Å². The second kappa shape index (κ2) is 4.18. The number of carbonyl (C=O) groups is 1. The summed E-state index contributed by atoms with van der Waals surface area (Å²) >= 11 is 0. The van der Waals surface area contributed by atoms with E-state index in [2.05, 4.69) is 9.97 Å². The molecule has 1 saturated heterocycles. The number of hydrogen-bond acceptors (Lipinski definition) is 5. The van der Waals surface area contributed by atoms with E-state index in [1.54, 1.807) is 6.92 Å². The lowest BCUT2D eigenvalue weighted by Gasteiger charge is -2.14. The molecule has 98 valence electrons. The van der Waals surface area contributed by atoms with Gasteiger partial charge in [0.2, 0.25) is 21.9 Å². The molecule has 0 radical (unpaired) electrons. The van der Waals surface area contributed by atoms with E-state index < -0.39 is 26.7 Å². The number of aryl methyl sites for hydroxylation is 1. The number of nitrogens with two attached hydrogens (primary N) is 1. The number of H-pyrrole nitrogens is 1. The van der Waals surface area contributed by atoms with Crippen LogP contribution >= 0.6 is 0 Å². The van der Waals surface area contributed by atoms with Crippen molar-refractivity contribution < 1.29 is 13.2 Å². The van der Waals surface area contributed by atoms with Crippen LogP contribution in [-0.2, 0) is 14.8 Å². The van der Waals surface area contributed by atoms with Crippen molar-refractivity contribution in [3.05, 3.63) is 22.1 Å². The Morgan fingerprint density at radius 1 is 1.50 bits per heavy atom. The van der Waals surface area contributed by atoms with Gasteiger partial charge in [-0.3, -0.25) is 19.5 Å². The number of aromatic nitrogens is 2. The van der Waals surface area contributed by atoms with Crippen molar-refractivity contribution in [1.29, 1.82) is 0 Å². The van der Waals surface area contributed by atoms with Crippen molar-refractivity contribution in [1.82, 2.24) is 9.97 Å². The van der Waals surface area contributed by atoms with Crippen LogP contribution in [0.5, 0.6) is 0 Å². The molecule has 1 atom stereocenters. The van der Waals surface area contributed by atoms with Gasteiger partial charge in [0.15, 0.2) is 0 Å². The van der Waals surface area contributed by atoms with Crippen LogP contribution in [0.4, 0.5) is 5.95 Å². The molecule has 18 heavy (non-hydrogen) atoms. The molecule has 1 aromatic heterocycles. The maximum Gasteiger partial charge on any atom is 0.252 e. The molecular formula is C9H12N4O4S. The third kappa shape index (κ3) is 2.41. The third-order valence-corrected chi connectivity index (χ3v) is 3.91. The van der Waals surface area contributed by atoms with Crippen LogP contribution in [0.1, 0.15) is 12.1 Å². The topological polar surface area (TPSA) is 126 Å². The van der Waals surface area contributed by atoms with Gasteiger partial charge in [-0.05, 0) is 6.92 Å². The number of nitrogens with zero attached hydrogens (tertiary/aromatic N) is 2. The number of rotatable bonds is 2. The monoisotopic (exact) mass is 272 g/mol. The van der Waals surface area contributed by atoms with Gasteiger partial charge >= 0.3 is 0 Å². The molecule has 0 aliphatic carbocycles. The van der Waals surface area contributed by atoms with Gasteiger partial charge in [-0.1, -0.05) is 0 Å². The first-order valence-corrected chi connectivity index (χ1v) is 6.78. The summed E-state index contributed by atoms with van der Waals surface area (Å²) in [6.45, 7) is 1.51. The quantitative estimate of drug-likeness (QED) is 0.675. The summed E-state index contributed by atoms with van der Waals surface area (Å²) in [6.07, 6.45) is -0.198. The fourth-order valence-corrected chi connectivity index (χ4v) is 2.52. The standard InChI is InChI=1S/C9H12N4O4S/c1-5-2-7(14)12-9(11-5)13-4-6(3-8(13)15)18(10,16)17/h2,6H,3-4H2,1H3,(H2,10,16,17)(H,11,12,14). The minimum absolute atomic E-state index is 0.0520. The maximum atomic E-state index is 11.7. The van der Waals surface area contributed by atoms with E-state index in [0.29, 0.717) is 5.69 Å². The van der Waals surface area contributed by atoms with E-state index in [9.17, 15) is 18.0 Å². The maximum absolute atomic E-state index is 11.7. The Kier molecular flexibility index (Phi) is 2.95. The van der Waals surface area contributed by atoms with Gasteiger partial charge in [0, 0.05) is 24.7 Å². The molecular weight excluding hydrogens is 260 g/mol. The van der Waals surface area contributed by atoms with Crippen molar-refractivity contribution in [3.8, 4) is 0 Å². The van der Waals surface area contributed by atoms with Crippen molar-refractivity contribution in [2.45, 2.75) is 18.6 Å². The first-order chi connectivity index (χ1) is 8.27. The molecule has 3 N–H and O–H groups in total. The zero-order valence-corrected chi connectivity index (χ0v) is 10.4. The highest BCUT2D eigenvalue weighted by molar-refractivity contribution is 7.89. The van der Waals surface area contributed by atoms with Crippen LogP contribution in [0.15, 0.2) is 10.9 Å². The highest BCUT2D eigenvalue weighted by atomic mass is 32.2. The Morgan fingerprint density at radius 3 is 2.67 bits per heavy atom. The predicted molar refractivity (Wildman–Crippen MR) is 63.5 cm³/mol. The normalized spacial score (nSPS) is 20.4. The number of hydrogen-bond donors (Lipinski definition) is 2. The smallest absolute Gasteiger partial charge is 0.252 e. The molecule has 0 bridgehead atoms. The second-order valence-electron chi connectivity index (χ2n) is 4.13. The van der Waals surface area contributed by atoms with Crippen LogP contribution < -0.4 is 15.6 Å². The number of carbonyl (C=O) groups excluding carboxylic acids is 1. The van der Waals surface area contributed by atoms with Crippen molar-refractivity contribution in [3.63, 3.8) is 0 Å². The largest absolute Gasteiger partial charge is 0.292 e. The summed E-state index contributed by atoms with van der Waals surface area (Å²) in [6, 6.07) is 1.28. The number of sulfonamides is 1. The highest BCUT2D eigenvalue weighted by Gasteiger charge is 2.38. The molecule has 2 rings (SSSR count). The van der Waals surface area contributed by atoms with Crippen LogP contribution in [0, 0.1) is 6.92 Å². The summed E-state index contributed by atoms with van der Waals surface area (Å²) in [5, 5.41) is 4.04. The van der Waals surface area contributed by atoms with Gasteiger partial charge in [-0.15, -0.1) is 0 Å². The van der Waals surface area contributed by atoms with Crippen molar-refractivity contribution in [2.24, 2.45) is 5.14 Å². The van der Waals surface area contributed by atoms with Gasteiger partial charge in [0.25, 0.3) is 5.56 Å². The fraction of sp³-hybridized carbons (Fsp3) is 0.444. The van der Waals surface area contributed by atoms with Gasteiger partial charge < -0.3 is 0 Å². The first kappa shape index (κ1) is 12.7. The zero-order chi connectivity index (χ0) is 13.5. The lowest BCUT2D eigenvalue weighted by atomic mass is 10.4. The second-order valence-corrected chi connectivity index (χ2v) is 5.97. The van der Waals surface area contributed by atoms with Crippen LogP contribution in [-0.4, -0.2) is 36.1 Å². The Balaban J connectivity index is 2.35. The molecule has 9 heteroatoms. The molecule has 1 aliphatic heterocycles. The number of amides is 1. The molecule has 1 aromatic rings. The minimum Gasteiger partial charge on any atom is -0.292 e. The Labute approximate surface area is 103 Å². The Bertz CT molecular complexity index is 651. The van der Waals surface area contributed by atoms with Crippen molar-refractivity contribution >= 4 is 21.9 Å². The summed E-state index contributed by atoms with van der Waals surface area (Å²) in [5.74, 6) is -0.376. The van der Waals surface area contributed by atoms with Gasteiger partial charge in [0.1, 0.15) is 5.25 Å². The van der Waals surface area contributed by atoms with Gasteiger partial charge in [0.05, 0.1) is 0 Å². The molecule has 1 amide bonds. The summed E-state index contributed by atoms with van der Waals surface area (Å²) in [5.41, 5.74) is 0.0463. The zero-order valence-electron chi connectivity index (χ0n) is 9.58. The van der Waals surface area contributed by atoms with E-state index >= 15 is 0 Å². The number of primary sulfonamides is 1. The molecule has 1 unspecified atom stereocenters. The minimum atomic E-state index is -3.78. The first-order valence-electron chi connectivity index (χ1n) is 5.17. The van der Waals surface area contributed by atoms with Crippen LogP contribution in [0.3, 0.4) is 0 Å². The predicted octanol–water partition coefficient (Wildman–Crippen LogP) is -1.53. The molecule has 1 fully saturated rings. The van der Waals surface area contributed by atoms with Crippen LogP contribution in [0.2, 0.25) is 0 Å². The van der Waals surface area contributed by atoms with Crippen molar-refractivity contribution in [2.75, 3.05) is 11.4 Å². The van der Waals surface area contributed by atoms with E-state index in [0.717, 1.165) is 4.90 Å².